The zero-order valence-electron chi connectivity index (χ0n) is 16.9. The largest absolute Gasteiger partial charge is 0.348 e. The molecule has 0 fully saturated rings. The summed E-state index contributed by atoms with van der Waals surface area (Å²) in [4.78, 5) is 44.4. The summed E-state index contributed by atoms with van der Waals surface area (Å²) in [6, 6.07) is 9.10. The number of hydrogen-bond acceptors (Lipinski definition) is 5. The summed E-state index contributed by atoms with van der Waals surface area (Å²) in [5.74, 6) is -0.558. The second kappa shape index (κ2) is 7.70. The van der Waals surface area contributed by atoms with E-state index in [-0.39, 0.29) is 23.3 Å². The highest BCUT2D eigenvalue weighted by atomic mass is 16.2. The maximum atomic E-state index is 12.7. The second-order valence-corrected chi connectivity index (χ2v) is 8.39. The molecule has 30 heavy (non-hydrogen) atoms. The number of pyridine rings is 1. The van der Waals surface area contributed by atoms with Crippen molar-refractivity contribution in [2.24, 2.45) is 5.41 Å². The Morgan fingerprint density at radius 3 is 2.70 bits per heavy atom. The van der Waals surface area contributed by atoms with E-state index in [1.165, 1.54) is 12.4 Å². The first kappa shape index (κ1) is 19.8. The van der Waals surface area contributed by atoms with E-state index in [0.29, 0.717) is 30.6 Å². The van der Waals surface area contributed by atoms with Crippen molar-refractivity contribution in [3.8, 4) is 0 Å². The van der Waals surface area contributed by atoms with Gasteiger partial charge in [0.1, 0.15) is 18.2 Å². The molecule has 8 nitrogen and oxygen atoms in total. The Labute approximate surface area is 173 Å². The van der Waals surface area contributed by atoms with Gasteiger partial charge in [-0.15, -0.1) is 0 Å². The molecule has 1 aromatic carbocycles. The molecule has 3 aromatic rings. The predicted octanol–water partition coefficient (Wildman–Crippen LogP) is 2.10. The highest BCUT2D eigenvalue weighted by molar-refractivity contribution is 6.02. The van der Waals surface area contributed by atoms with E-state index in [2.05, 4.69) is 20.4 Å². The van der Waals surface area contributed by atoms with Crippen LogP contribution >= 0.6 is 0 Å². The standard InChI is InChI=1S/C22H23N5O3/c1-22(2)8-18-16(19(28)9-22)7-17(21(30)26-18)20(29)24-10-14-5-3-4-6-15(14)11-27-13-23-12-25-27/h3-7,12-13H,8-11H2,1-2H3,(H,24,29)(H,26,30). The fraction of sp³-hybridized carbons (Fsp3) is 0.318. The minimum atomic E-state index is -0.507. The highest BCUT2D eigenvalue weighted by Crippen LogP contribution is 2.33. The number of rotatable bonds is 5. The lowest BCUT2D eigenvalue weighted by atomic mass is 9.75. The topological polar surface area (TPSA) is 110 Å². The first-order valence-electron chi connectivity index (χ1n) is 9.79. The number of nitrogens with one attached hydrogen (secondary N) is 2. The van der Waals surface area contributed by atoms with Crippen molar-refractivity contribution in [1.29, 1.82) is 0 Å². The number of carbonyl (C=O) groups is 2. The molecule has 154 valence electrons. The summed E-state index contributed by atoms with van der Waals surface area (Å²) in [7, 11) is 0. The lowest BCUT2D eigenvalue weighted by Gasteiger charge is -2.29. The van der Waals surface area contributed by atoms with Crippen molar-refractivity contribution in [2.45, 2.75) is 39.8 Å². The van der Waals surface area contributed by atoms with Gasteiger partial charge in [0.05, 0.1) is 6.54 Å². The molecule has 0 aliphatic heterocycles. The third-order valence-corrected chi connectivity index (χ3v) is 5.32. The zero-order chi connectivity index (χ0) is 21.3. The molecule has 1 aliphatic carbocycles. The summed E-state index contributed by atoms with van der Waals surface area (Å²) < 4.78 is 1.70. The zero-order valence-corrected chi connectivity index (χ0v) is 16.9. The van der Waals surface area contributed by atoms with Crippen LogP contribution in [0.15, 0.2) is 47.8 Å². The maximum Gasteiger partial charge on any atom is 0.261 e. The molecule has 2 N–H and O–H groups in total. The van der Waals surface area contributed by atoms with Crippen LogP contribution in [-0.2, 0) is 19.5 Å². The molecule has 0 radical (unpaired) electrons. The summed E-state index contributed by atoms with van der Waals surface area (Å²) >= 11 is 0. The molecule has 0 bridgehead atoms. The van der Waals surface area contributed by atoms with Crippen LogP contribution in [0.2, 0.25) is 0 Å². The van der Waals surface area contributed by atoms with Crippen LogP contribution < -0.4 is 10.9 Å². The summed E-state index contributed by atoms with van der Waals surface area (Å²) in [5.41, 5.74) is 2.21. The average molecular weight is 405 g/mol. The van der Waals surface area contributed by atoms with E-state index in [0.717, 1.165) is 11.1 Å². The third kappa shape index (κ3) is 4.07. The molecule has 4 rings (SSSR count). The fourth-order valence-electron chi connectivity index (χ4n) is 3.84. The van der Waals surface area contributed by atoms with E-state index in [9.17, 15) is 14.4 Å². The number of fused-ring (bicyclic) bond motifs is 1. The van der Waals surface area contributed by atoms with E-state index in [4.69, 9.17) is 0 Å². The van der Waals surface area contributed by atoms with Crippen molar-refractivity contribution in [1.82, 2.24) is 25.1 Å². The van der Waals surface area contributed by atoms with E-state index in [1.54, 1.807) is 11.0 Å². The number of aromatic amines is 1. The van der Waals surface area contributed by atoms with Crippen LogP contribution in [0.25, 0.3) is 0 Å². The van der Waals surface area contributed by atoms with Gasteiger partial charge in [0, 0.05) is 24.2 Å². The number of H-pyrrole nitrogens is 1. The lowest BCUT2D eigenvalue weighted by Crippen LogP contribution is -2.34. The number of nitrogens with zero attached hydrogens (tertiary/aromatic N) is 3. The van der Waals surface area contributed by atoms with Crippen LogP contribution in [0.5, 0.6) is 0 Å². The SMILES string of the molecule is CC1(C)CC(=O)c2cc(C(=O)NCc3ccccc3Cn3cncn3)c(=O)[nH]c2C1. The van der Waals surface area contributed by atoms with Gasteiger partial charge >= 0.3 is 0 Å². The molecule has 0 spiro atoms. The number of hydrogen-bond donors (Lipinski definition) is 2. The molecule has 8 heteroatoms. The fourth-order valence-corrected chi connectivity index (χ4v) is 3.84. The smallest absolute Gasteiger partial charge is 0.261 e. The number of carbonyl (C=O) groups excluding carboxylic acids is 2. The van der Waals surface area contributed by atoms with Crippen molar-refractivity contribution in [3.05, 3.63) is 81.3 Å². The molecule has 0 saturated carbocycles. The summed E-state index contributed by atoms with van der Waals surface area (Å²) in [6.07, 6.45) is 4.08. The first-order chi connectivity index (χ1) is 14.3. The minimum absolute atomic E-state index is 0.0458. The Balaban J connectivity index is 1.53. The van der Waals surface area contributed by atoms with E-state index in [1.807, 2.05) is 38.1 Å². The van der Waals surface area contributed by atoms with Crippen molar-refractivity contribution in [2.75, 3.05) is 0 Å². The number of Topliss-reactive ketones (excluding diaryl/α,β-unsaturated/α-hetero) is 1. The van der Waals surface area contributed by atoms with Crippen molar-refractivity contribution < 1.29 is 9.59 Å². The molecule has 1 amide bonds. The molecular formula is C22H23N5O3. The highest BCUT2D eigenvalue weighted by Gasteiger charge is 2.32. The van der Waals surface area contributed by atoms with Gasteiger partial charge in [-0.1, -0.05) is 38.1 Å². The summed E-state index contributed by atoms with van der Waals surface area (Å²) in [5, 5.41) is 6.90. The minimum Gasteiger partial charge on any atom is -0.348 e. The number of aromatic nitrogens is 4. The Kier molecular flexibility index (Phi) is 5.07. The lowest BCUT2D eigenvalue weighted by molar-refractivity contribution is 0.0910. The molecule has 0 saturated heterocycles. The quantitative estimate of drug-likeness (QED) is 0.676. The number of benzene rings is 1. The molecule has 2 aromatic heterocycles. The van der Waals surface area contributed by atoms with Crippen LogP contribution in [0.4, 0.5) is 0 Å². The first-order valence-corrected chi connectivity index (χ1v) is 9.79. The van der Waals surface area contributed by atoms with Crippen molar-refractivity contribution in [3.63, 3.8) is 0 Å². The van der Waals surface area contributed by atoms with Gasteiger partial charge in [-0.25, -0.2) is 9.67 Å². The van der Waals surface area contributed by atoms with Crippen LogP contribution in [0.1, 0.15) is 57.8 Å². The Bertz CT molecular complexity index is 1160. The average Bonchev–Trinajstić information content (AvgIpc) is 3.19. The molecule has 2 heterocycles. The number of amides is 1. The molecule has 0 atom stereocenters. The van der Waals surface area contributed by atoms with Gasteiger partial charge in [0.2, 0.25) is 0 Å². The summed E-state index contributed by atoms with van der Waals surface area (Å²) in [6.45, 7) is 4.75. The van der Waals surface area contributed by atoms with Gasteiger partial charge in [-0.2, -0.15) is 5.10 Å². The van der Waals surface area contributed by atoms with Crippen molar-refractivity contribution >= 4 is 11.7 Å². The van der Waals surface area contributed by atoms with Crippen LogP contribution in [0, 0.1) is 5.41 Å². The second-order valence-electron chi connectivity index (χ2n) is 8.39. The van der Waals surface area contributed by atoms with Gasteiger partial charge in [0.15, 0.2) is 5.78 Å². The maximum absolute atomic E-state index is 12.7. The molecule has 0 unspecified atom stereocenters. The Morgan fingerprint density at radius 2 is 1.97 bits per heavy atom. The normalized spacial score (nSPS) is 14.9. The van der Waals surface area contributed by atoms with E-state index < -0.39 is 11.5 Å². The Morgan fingerprint density at radius 1 is 1.20 bits per heavy atom. The monoisotopic (exact) mass is 405 g/mol. The van der Waals surface area contributed by atoms with Crippen LogP contribution in [-0.4, -0.2) is 31.4 Å². The van der Waals surface area contributed by atoms with Gasteiger partial charge < -0.3 is 10.3 Å². The van der Waals surface area contributed by atoms with Gasteiger partial charge in [-0.3, -0.25) is 14.4 Å². The van der Waals surface area contributed by atoms with Gasteiger partial charge in [0.25, 0.3) is 11.5 Å². The van der Waals surface area contributed by atoms with E-state index >= 15 is 0 Å². The third-order valence-electron chi connectivity index (χ3n) is 5.32. The van der Waals surface area contributed by atoms with Gasteiger partial charge in [-0.05, 0) is 29.0 Å². The Hall–Kier alpha value is -3.55. The predicted molar refractivity (Wildman–Crippen MR) is 110 cm³/mol. The number of ketones is 1. The molecule has 1 aliphatic rings. The molecular weight excluding hydrogens is 382 g/mol. The van der Waals surface area contributed by atoms with Crippen LogP contribution in [0.3, 0.4) is 0 Å².